The van der Waals surface area contributed by atoms with Gasteiger partial charge in [0.2, 0.25) is 5.91 Å². The van der Waals surface area contributed by atoms with Crippen molar-refractivity contribution < 1.29 is 9.59 Å². The van der Waals surface area contributed by atoms with Gasteiger partial charge >= 0.3 is 0 Å². The lowest BCUT2D eigenvalue weighted by Gasteiger charge is -2.45. The number of rotatable bonds is 4. The van der Waals surface area contributed by atoms with E-state index in [9.17, 15) is 9.59 Å². The fraction of sp³-hybridized carbons (Fsp3) is 0.348. The predicted octanol–water partition coefficient (Wildman–Crippen LogP) is 4.52. The molecule has 2 aromatic rings. The summed E-state index contributed by atoms with van der Waals surface area (Å²) >= 11 is 3.39. The van der Waals surface area contributed by atoms with Gasteiger partial charge in [0, 0.05) is 28.8 Å². The summed E-state index contributed by atoms with van der Waals surface area (Å²) in [6.07, 6.45) is 11.0. The van der Waals surface area contributed by atoms with Crippen LogP contribution in [0.15, 0.2) is 59.3 Å². The second-order valence-corrected chi connectivity index (χ2v) is 8.57. The standard InChI is InChI=1S/C23H23BrN2O2/c24-17-12-15(13-25-14-17)10-11-20(27)22-21(16-6-2-1-3-7-16)18-8-4-5-9-19(18)26-23(22)28/h1-3,6-7,10-14,18-19,21-22H,4-5,8-9H2,(H,26,28)/b11-10+. The number of carbonyl (C=O) groups is 2. The van der Waals surface area contributed by atoms with E-state index in [1.165, 1.54) is 6.08 Å². The Morgan fingerprint density at radius 3 is 2.71 bits per heavy atom. The van der Waals surface area contributed by atoms with Gasteiger partial charge in [0.25, 0.3) is 0 Å². The molecule has 1 N–H and O–H groups in total. The van der Waals surface area contributed by atoms with E-state index >= 15 is 0 Å². The number of aromatic nitrogens is 1. The van der Waals surface area contributed by atoms with E-state index in [1.807, 2.05) is 24.3 Å². The number of carbonyl (C=O) groups excluding carboxylic acids is 2. The van der Waals surface area contributed by atoms with Crippen LogP contribution in [-0.4, -0.2) is 22.7 Å². The molecule has 28 heavy (non-hydrogen) atoms. The van der Waals surface area contributed by atoms with Crippen LogP contribution in [-0.2, 0) is 9.59 Å². The minimum atomic E-state index is -0.682. The number of hydrogen-bond acceptors (Lipinski definition) is 3. The van der Waals surface area contributed by atoms with Gasteiger partial charge in [0.05, 0.1) is 0 Å². The van der Waals surface area contributed by atoms with Gasteiger partial charge in [-0.1, -0.05) is 43.2 Å². The van der Waals surface area contributed by atoms with Gasteiger partial charge < -0.3 is 5.32 Å². The summed E-state index contributed by atoms with van der Waals surface area (Å²) < 4.78 is 0.852. The topological polar surface area (TPSA) is 59.1 Å². The average molecular weight is 439 g/mol. The number of nitrogens with zero attached hydrogens (tertiary/aromatic N) is 1. The second kappa shape index (κ2) is 8.39. The third kappa shape index (κ3) is 3.95. The molecule has 1 aliphatic carbocycles. The van der Waals surface area contributed by atoms with Crippen LogP contribution >= 0.6 is 15.9 Å². The van der Waals surface area contributed by atoms with E-state index in [0.29, 0.717) is 5.92 Å². The fourth-order valence-corrected chi connectivity index (χ4v) is 5.06. The largest absolute Gasteiger partial charge is 0.352 e. The molecule has 4 rings (SSSR count). The molecule has 2 heterocycles. The summed E-state index contributed by atoms with van der Waals surface area (Å²) in [5, 5.41) is 3.14. The molecule has 1 saturated carbocycles. The van der Waals surface area contributed by atoms with Crippen molar-refractivity contribution in [2.24, 2.45) is 11.8 Å². The molecule has 1 amide bonds. The molecule has 144 valence electrons. The molecule has 1 aliphatic heterocycles. The van der Waals surface area contributed by atoms with E-state index in [-0.39, 0.29) is 23.7 Å². The molecule has 0 spiro atoms. The van der Waals surface area contributed by atoms with Crippen LogP contribution in [0.2, 0.25) is 0 Å². The first-order valence-electron chi connectivity index (χ1n) is 9.81. The number of nitrogens with one attached hydrogen (secondary N) is 1. The zero-order chi connectivity index (χ0) is 19.5. The predicted molar refractivity (Wildman–Crippen MR) is 113 cm³/mol. The first-order valence-corrected chi connectivity index (χ1v) is 10.6. The normalized spacial score (nSPS) is 27.2. The van der Waals surface area contributed by atoms with E-state index in [2.05, 4.69) is 38.4 Å². The molecular formula is C23H23BrN2O2. The van der Waals surface area contributed by atoms with Gasteiger partial charge in [-0.2, -0.15) is 0 Å². The van der Waals surface area contributed by atoms with Crippen LogP contribution in [0.25, 0.3) is 6.08 Å². The fourth-order valence-electron chi connectivity index (χ4n) is 4.67. The van der Waals surface area contributed by atoms with Crippen LogP contribution in [0.1, 0.15) is 42.7 Å². The molecule has 1 saturated heterocycles. The summed E-state index contributed by atoms with van der Waals surface area (Å²) in [4.78, 5) is 30.2. The minimum absolute atomic E-state index is 0.0713. The highest BCUT2D eigenvalue weighted by atomic mass is 79.9. The van der Waals surface area contributed by atoms with Gasteiger partial charge in [0.1, 0.15) is 5.92 Å². The van der Waals surface area contributed by atoms with Crippen LogP contribution in [0.3, 0.4) is 0 Å². The molecule has 1 aromatic heterocycles. The summed E-state index contributed by atoms with van der Waals surface area (Å²) in [5.41, 5.74) is 1.91. The molecule has 2 aliphatic rings. The second-order valence-electron chi connectivity index (χ2n) is 7.65. The lowest BCUT2D eigenvalue weighted by molar-refractivity contribution is -0.137. The Labute approximate surface area is 173 Å². The first kappa shape index (κ1) is 19.1. The maximum Gasteiger partial charge on any atom is 0.231 e. The van der Waals surface area contributed by atoms with Crippen molar-refractivity contribution in [2.45, 2.75) is 37.6 Å². The van der Waals surface area contributed by atoms with Gasteiger partial charge in [-0.05, 0) is 64.0 Å². The van der Waals surface area contributed by atoms with Crippen LogP contribution in [0, 0.1) is 11.8 Å². The summed E-state index contributed by atoms with van der Waals surface area (Å²) in [6.45, 7) is 0. The molecular weight excluding hydrogens is 416 g/mol. The van der Waals surface area contributed by atoms with E-state index in [1.54, 1.807) is 18.5 Å². The molecule has 5 heteroatoms. The lowest BCUT2D eigenvalue weighted by atomic mass is 9.64. The molecule has 4 unspecified atom stereocenters. The summed E-state index contributed by atoms with van der Waals surface area (Å²) in [7, 11) is 0. The van der Waals surface area contributed by atoms with Crippen LogP contribution in [0.5, 0.6) is 0 Å². The van der Waals surface area contributed by atoms with Crippen molar-refractivity contribution in [3.05, 3.63) is 70.5 Å². The lowest BCUT2D eigenvalue weighted by Crippen LogP contribution is -2.56. The quantitative estimate of drug-likeness (QED) is 0.563. The molecule has 1 aromatic carbocycles. The first-order chi connectivity index (χ1) is 13.6. The van der Waals surface area contributed by atoms with Crippen LogP contribution < -0.4 is 5.32 Å². The van der Waals surface area contributed by atoms with Crippen molar-refractivity contribution >= 4 is 33.7 Å². The third-order valence-electron chi connectivity index (χ3n) is 5.91. The molecule has 2 fully saturated rings. The van der Waals surface area contributed by atoms with Crippen molar-refractivity contribution in [3.8, 4) is 0 Å². The Kier molecular flexibility index (Phi) is 5.72. The maximum atomic E-state index is 13.1. The van der Waals surface area contributed by atoms with Crippen molar-refractivity contribution in [2.75, 3.05) is 0 Å². The number of hydrogen-bond donors (Lipinski definition) is 1. The Morgan fingerprint density at radius 1 is 1.14 bits per heavy atom. The van der Waals surface area contributed by atoms with Crippen LogP contribution in [0.4, 0.5) is 0 Å². The zero-order valence-electron chi connectivity index (χ0n) is 15.6. The highest BCUT2D eigenvalue weighted by Crippen LogP contribution is 2.44. The monoisotopic (exact) mass is 438 g/mol. The van der Waals surface area contributed by atoms with E-state index < -0.39 is 5.92 Å². The summed E-state index contributed by atoms with van der Waals surface area (Å²) in [5.74, 6) is -0.728. The smallest absolute Gasteiger partial charge is 0.231 e. The highest BCUT2D eigenvalue weighted by molar-refractivity contribution is 9.10. The van der Waals surface area contributed by atoms with Gasteiger partial charge in [0.15, 0.2) is 5.78 Å². The Bertz CT molecular complexity index is 896. The number of pyridine rings is 1. The van der Waals surface area contributed by atoms with Gasteiger partial charge in [-0.3, -0.25) is 14.6 Å². The minimum Gasteiger partial charge on any atom is -0.352 e. The highest BCUT2D eigenvalue weighted by Gasteiger charge is 2.47. The molecule has 0 radical (unpaired) electrons. The Hall–Kier alpha value is -2.27. The number of amides is 1. The Balaban J connectivity index is 1.66. The molecule has 4 nitrogen and oxygen atoms in total. The van der Waals surface area contributed by atoms with Crippen molar-refractivity contribution in [3.63, 3.8) is 0 Å². The van der Waals surface area contributed by atoms with Gasteiger partial charge in [-0.15, -0.1) is 0 Å². The van der Waals surface area contributed by atoms with E-state index in [0.717, 1.165) is 41.3 Å². The number of ketones is 1. The van der Waals surface area contributed by atoms with Crippen molar-refractivity contribution in [1.82, 2.24) is 10.3 Å². The SMILES string of the molecule is O=C(/C=C/c1cncc(Br)c1)C1C(=O)NC2CCCCC2C1c1ccccc1. The number of fused-ring (bicyclic) bond motifs is 1. The zero-order valence-corrected chi connectivity index (χ0v) is 17.1. The summed E-state index contributed by atoms with van der Waals surface area (Å²) in [6, 6.07) is 12.1. The number of piperidine rings is 1. The Morgan fingerprint density at radius 2 is 1.93 bits per heavy atom. The number of allylic oxidation sites excluding steroid dienone is 1. The molecule has 4 atom stereocenters. The average Bonchev–Trinajstić information content (AvgIpc) is 2.71. The van der Waals surface area contributed by atoms with Crippen molar-refractivity contribution in [1.29, 1.82) is 0 Å². The van der Waals surface area contributed by atoms with Gasteiger partial charge in [-0.25, -0.2) is 0 Å². The molecule has 0 bridgehead atoms. The maximum absolute atomic E-state index is 13.1. The third-order valence-corrected chi connectivity index (χ3v) is 6.34. The number of benzene rings is 1. The number of halogens is 1. The van der Waals surface area contributed by atoms with E-state index in [4.69, 9.17) is 0 Å².